The van der Waals surface area contributed by atoms with E-state index in [0.717, 1.165) is 21.1 Å². The number of hydrogen-bond acceptors (Lipinski definition) is 4. The number of hydrogen-bond donors (Lipinski definition) is 0. The minimum absolute atomic E-state index is 0.609. The fourth-order valence-corrected chi connectivity index (χ4v) is 4.45. The fraction of sp³-hybridized carbons (Fsp3) is 0.0435. The van der Waals surface area contributed by atoms with Crippen molar-refractivity contribution in [3.63, 3.8) is 0 Å². The number of rotatable bonds is 4. The number of aryl methyl sites for hydroxylation is 1. The largest absolute Gasteiger partial charge is 0.235 e. The van der Waals surface area contributed by atoms with Gasteiger partial charge in [0, 0.05) is 15.8 Å². The molecule has 0 aliphatic heterocycles. The molecule has 2 heterocycles. The van der Waals surface area contributed by atoms with Crippen molar-refractivity contribution < 1.29 is 0 Å². The molecule has 2 aromatic heterocycles. The SMILES string of the molecule is Cc1ccsc1/C=C(/C#N)c1nc(-c2ccc(-c3ccccc3)cc2)cs1. The Bertz CT molecular complexity index is 1130. The molecule has 0 N–H and O–H groups in total. The molecule has 0 amide bonds. The molecule has 0 bridgehead atoms. The summed E-state index contributed by atoms with van der Waals surface area (Å²) in [5.41, 5.74) is 6.13. The normalized spacial score (nSPS) is 11.3. The quantitative estimate of drug-likeness (QED) is 0.358. The molecule has 0 radical (unpaired) electrons. The Balaban J connectivity index is 1.62. The lowest BCUT2D eigenvalue weighted by molar-refractivity contribution is 1.37. The van der Waals surface area contributed by atoms with Gasteiger partial charge in [-0.05, 0) is 41.1 Å². The van der Waals surface area contributed by atoms with Gasteiger partial charge in [-0.2, -0.15) is 5.26 Å². The lowest BCUT2D eigenvalue weighted by Gasteiger charge is -2.02. The third-order valence-corrected chi connectivity index (χ3v) is 6.16. The third-order valence-electron chi connectivity index (χ3n) is 4.32. The number of benzene rings is 2. The second-order valence-electron chi connectivity index (χ2n) is 6.12. The molecule has 0 unspecified atom stereocenters. The molecule has 0 saturated carbocycles. The minimum atomic E-state index is 0.609. The number of thiophene rings is 1. The fourth-order valence-electron chi connectivity index (χ4n) is 2.80. The number of nitriles is 1. The van der Waals surface area contributed by atoms with E-state index in [1.165, 1.54) is 28.0 Å². The zero-order chi connectivity index (χ0) is 18.6. The molecule has 0 aliphatic rings. The van der Waals surface area contributed by atoms with E-state index in [0.29, 0.717) is 5.57 Å². The second kappa shape index (κ2) is 7.71. The van der Waals surface area contributed by atoms with E-state index in [9.17, 15) is 5.26 Å². The van der Waals surface area contributed by atoms with Crippen molar-refractivity contribution in [1.82, 2.24) is 4.98 Å². The second-order valence-corrected chi connectivity index (χ2v) is 7.92. The summed E-state index contributed by atoms with van der Waals surface area (Å²) in [6.07, 6.45) is 1.93. The average Bonchev–Trinajstić information content (AvgIpc) is 3.36. The molecule has 27 heavy (non-hydrogen) atoms. The van der Waals surface area contributed by atoms with Crippen LogP contribution in [-0.4, -0.2) is 4.98 Å². The van der Waals surface area contributed by atoms with Crippen molar-refractivity contribution in [2.75, 3.05) is 0 Å². The van der Waals surface area contributed by atoms with Crippen LogP contribution in [0.3, 0.4) is 0 Å². The number of allylic oxidation sites excluding steroid dienone is 1. The summed E-state index contributed by atoms with van der Waals surface area (Å²) < 4.78 is 0. The molecule has 2 aromatic carbocycles. The van der Waals surface area contributed by atoms with Crippen LogP contribution in [0.5, 0.6) is 0 Å². The van der Waals surface area contributed by atoms with Gasteiger partial charge in [0.05, 0.1) is 11.3 Å². The standard InChI is InChI=1S/C23H16N2S2/c1-16-11-12-26-22(16)13-20(14-24)23-25-21(15-27-23)19-9-7-18(8-10-19)17-5-3-2-4-6-17/h2-13,15H,1H3/b20-13-. The predicted octanol–water partition coefficient (Wildman–Crippen LogP) is 6.91. The minimum Gasteiger partial charge on any atom is -0.235 e. The van der Waals surface area contributed by atoms with Crippen LogP contribution >= 0.6 is 22.7 Å². The molecule has 4 rings (SSSR count). The van der Waals surface area contributed by atoms with Crippen molar-refractivity contribution >= 4 is 34.3 Å². The Labute approximate surface area is 166 Å². The van der Waals surface area contributed by atoms with Crippen LogP contribution in [0.4, 0.5) is 0 Å². The molecular formula is C23H16N2S2. The van der Waals surface area contributed by atoms with Crippen LogP contribution in [0.25, 0.3) is 34.0 Å². The highest BCUT2D eigenvalue weighted by Gasteiger charge is 2.10. The third kappa shape index (κ3) is 3.75. The number of nitrogens with zero attached hydrogens (tertiary/aromatic N) is 2. The highest BCUT2D eigenvalue weighted by atomic mass is 32.1. The molecule has 0 fully saturated rings. The van der Waals surface area contributed by atoms with Crippen LogP contribution < -0.4 is 0 Å². The zero-order valence-corrected chi connectivity index (χ0v) is 16.3. The van der Waals surface area contributed by atoms with Crippen molar-refractivity contribution in [2.24, 2.45) is 0 Å². The van der Waals surface area contributed by atoms with E-state index in [-0.39, 0.29) is 0 Å². The van der Waals surface area contributed by atoms with Crippen molar-refractivity contribution in [1.29, 1.82) is 5.26 Å². The molecular weight excluding hydrogens is 368 g/mol. The lowest BCUT2D eigenvalue weighted by atomic mass is 10.0. The first-order chi connectivity index (χ1) is 13.2. The van der Waals surface area contributed by atoms with Gasteiger partial charge >= 0.3 is 0 Å². The first kappa shape index (κ1) is 17.4. The van der Waals surface area contributed by atoms with Gasteiger partial charge < -0.3 is 0 Å². The van der Waals surface area contributed by atoms with Crippen molar-refractivity contribution in [2.45, 2.75) is 6.92 Å². The maximum atomic E-state index is 9.56. The van der Waals surface area contributed by atoms with Gasteiger partial charge in [-0.1, -0.05) is 54.6 Å². The van der Waals surface area contributed by atoms with Crippen LogP contribution in [-0.2, 0) is 0 Å². The first-order valence-corrected chi connectivity index (χ1v) is 10.3. The summed E-state index contributed by atoms with van der Waals surface area (Å²) in [4.78, 5) is 5.80. The van der Waals surface area contributed by atoms with Gasteiger partial charge in [-0.3, -0.25) is 0 Å². The van der Waals surface area contributed by atoms with Crippen molar-refractivity contribution in [3.8, 4) is 28.5 Å². The Hall–Kier alpha value is -3.00. The maximum Gasteiger partial charge on any atom is 0.134 e. The van der Waals surface area contributed by atoms with Gasteiger partial charge in [-0.15, -0.1) is 22.7 Å². The summed E-state index contributed by atoms with van der Waals surface area (Å²) in [7, 11) is 0. The zero-order valence-electron chi connectivity index (χ0n) is 14.7. The van der Waals surface area contributed by atoms with E-state index in [1.807, 2.05) is 35.0 Å². The van der Waals surface area contributed by atoms with Gasteiger partial charge in [0.1, 0.15) is 11.1 Å². The summed E-state index contributed by atoms with van der Waals surface area (Å²) >= 11 is 3.15. The molecule has 0 atom stereocenters. The van der Waals surface area contributed by atoms with Gasteiger partial charge in [-0.25, -0.2) is 4.98 Å². The Morgan fingerprint density at radius 3 is 2.30 bits per heavy atom. The smallest absolute Gasteiger partial charge is 0.134 e. The summed E-state index contributed by atoms with van der Waals surface area (Å²) in [5, 5.41) is 14.4. The highest BCUT2D eigenvalue weighted by molar-refractivity contribution is 7.12. The molecule has 130 valence electrons. The van der Waals surface area contributed by atoms with E-state index in [1.54, 1.807) is 11.3 Å². The molecule has 2 nitrogen and oxygen atoms in total. The van der Waals surface area contributed by atoms with Crippen LogP contribution in [0.2, 0.25) is 0 Å². The van der Waals surface area contributed by atoms with E-state index in [4.69, 9.17) is 4.98 Å². The van der Waals surface area contributed by atoms with E-state index < -0.39 is 0 Å². The monoisotopic (exact) mass is 384 g/mol. The molecule has 4 aromatic rings. The summed E-state index contributed by atoms with van der Waals surface area (Å²) in [6, 6.07) is 23.1. The van der Waals surface area contributed by atoms with Gasteiger partial charge in [0.2, 0.25) is 0 Å². The van der Waals surface area contributed by atoms with Crippen LogP contribution in [0, 0.1) is 18.3 Å². The Kier molecular flexibility index (Phi) is 4.97. The summed E-state index contributed by atoms with van der Waals surface area (Å²) in [6.45, 7) is 2.05. The molecule has 0 spiro atoms. The lowest BCUT2D eigenvalue weighted by Crippen LogP contribution is -1.83. The average molecular weight is 385 g/mol. The van der Waals surface area contributed by atoms with E-state index >= 15 is 0 Å². The maximum absolute atomic E-state index is 9.56. The van der Waals surface area contributed by atoms with Gasteiger partial charge in [0.15, 0.2) is 0 Å². The number of thiazole rings is 1. The Morgan fingerprint density at radius 1 is 0.926 bits per heavy atom. The highest BCUT2D eigenvalue weighted by Crippen LogP contribution is 2.30. The first-order valence-electron chi connectivity index (χ1n) is 8.52. The van der Waals surface area contributed by atoms with Gasteiger partial charge in [0.25, 0.3) is 0 Å². The molecule has 4 heteroatoms. The summed E-state index contributed by atoms with van der Waals surface area (Å²) in [5.74, 6) is 0. The molecule has 0 aliphatic carbocycles. The molecule has 0 saturated heterocycles. The van der Waals surface area contributed by atoms with Crippen LogP contribution in [0.15, 0.2) is 71.4 Å². The topological polar surface area (TPSA) is 36.7 Å². The van der Waals surface area contributed by atoms with Crippen molar-refractivity contribution in [3.05, 3.63) is 86.9 Å². The van der Waals surface area contributed by atoms with Crippen LogP contribution in [0.1, 0.15) is 15.4 Å². The Morgan fingerprint density at radius 2 is 1.63 bits per heavy atom. The number of aromatic nitrogens is 1. The van der Waals surface area contributed by atoms with E-state index in [2.05, 4.69) is 55.5 Å². The predicted molar refractivity (Wildman–Crippen MR) is 116 cm³/mol.